The van der Waals surface area contributed by atoms with E-state index < -0.39 is 0 Å². The normalized spacial score (nSPS) is 29.0. The molecule has 0 unspecified atom stereocenters. The van der Waals surface area contributed by atoms with Gasteiger partial charge in [0.1, 0.15) is 5.75 Å². The van der Waals surface area contributed by atoms with E-state index in [9.17, 15) is 9.59 Å². The summed E-state index contributed by atoms with van der Waals surface area (Å²) in [5.41, 5.74) is 1.20. The number of piperidine rings is 3. The molecule has 1 aromatic carbocycles. The first-order valence-electron chi connectivity index (χ1n) is 10.8. The highest BCUT2D eigenvalue weighted by Gasteiger charge is 2.49. The summed E-state index contributed by atoms with van der Waals surface area (Å²) in [5, 5.41) is 0. The summed E-state index contributed by atoms with van der Waals surface area (Å²) in [6.45, 7) is 2.01. The number of carbonyl (C=O) groups is 2. The van der Waals surface area contributed by atoms with E-state index >= 15 is 0 Å². The van der Waals surface area contributed by atoms with Crippen molar-refractivity contribution >= 4 is 11.8 Å². The molecular formula is C23H33N3O3. The van der Waals surface area contributed by atoms with Gasteiger partial charge in [-0.3, -0.25) is 9.59 Å². The van der Waals surface area contributed by atoms with Crippen LogP contribution in [0.3, 0.4) is 0 Å². The second-order valence-corrected chi connectivity index (χ2v) is 9.18. The van der Waals surface area contributed by atoms with Crippen molar-refractivity contribution in [1.29, 1.82) is 0 Å². The maximum atomic E-state index is 13.0. The first kappa shape index (κ1) is 20.2. The van der Waals surface area contributed by atoms with Crippen molar-refractivity contribution in [3.05, 3.63) is 29.8 Å². The number of hydrogen-bond donors (Lipinski definition) is 0. The largest absolute Gasteiger partial charge is 0.497 e. The number of ether oxygens (including phenoxy) is 1. The Morgan fingerprint density at radius 3 is 2.79 bits per heavy atom. The van der Waals surface area contributed by atoms with Crippen LogP contribution in [-0.2, 0) is 16.0 Å². The van der Waals surface area contributed by atoms with Crippen LogP contribution in [0.15, 0.2) is 24.3 Å². The number of methoxy groups -OCH3 is 1. The molecule has 0 aromatic heterocycles. The van der Waals surface area contributed by atoms with Crippen molar-refractivity contribution in [2.45, 2.75) is 44.2 Å². The molecule has 3 heterocycles. The molecule has 3 aliphatic heterocycles. The van der Waals surface area contributed by atoms with Gasteiger partial charge in [0.25, 0.3) is 0 Å². The number of nitrogens with zero attached hydrogens (tertiary/aromatic N) is 3. The Hall–Kier alpha value is -2.08. The number of hydrogen-bond acceptors (Lipinski definition) is 4. The topological polar surface area (TPSA) is 53.1 Å². The van der Waals surface area contributed by atoms with Gasteiger partial charge in [0.05, 0.1) is 13.7 Å². The fourth-order valence-corrected chi connectivity index (χ4v) is 5.65. The summed E-state index contributed by atoms with van der Waals surface area (Å²) in [7, 11) is 5.56. The zero-order chi connectivity index (χ0) is 20.5. The SMILES string of the molecule is COc1cccc(C[C@H]2[C@H]3C[C@H](CN(C(=O)CN(C)C)C3)[C@@H]3CCCC(=O)N32)c1. The third-order valence-corrected chi connectivity index (χ3v) is 6.88. The molecule has 0 saturated carbocycles. The van der Waals surface area contributed by atoms with Gasteiger partial charge >= 0.3 is 0 Å². The molecule has 0 N–H and O–H groups in total. The second-order valence-electron chi connectivity index (χ2n) is 9.18. The molecule has 1 aromatic rings. The number of rotatable bonds is 5. The predicted octanol–water partition coefficient (Wildman–Crippen LogP) is 2.03. The molecule has 3 fully saturated rings. The summed E-state index contributed by atoms with van der Waals surface area (Å²) >= 11 is 0. The van der Waals surface area contributed by atoms with Crippen molar-refractivity contribution < 1.29 is 14.3 Å². The summed E-state index contributed by atoms with van der Waals surface area (Å²) in [6, 6.07) is 8.60. The Morgan fingerprint density at radius 1 is 1.24 bits per heavy atom. The lowest BCUT2D eigenvalue weighted by Gasteiger charge is -2.56. The van der Waals surface area contributed by atoms with Gasteiger partial charge in [-0.25, -0.2) is 0 Å². The van der Waals surface area contributed by atoms with E-state index in [-0.39, 0.29) is 18.0 Å². The molecule has 0 radical (unpaired) electrons. The standard InChI is InChI=1S/C23H33N3O3/c1-24(2)15-23(28)25-13-17-12-18(14-25)21(26-20(17)8-5-9-22(26)27)11-16-6-4-7-19(10-16)29-3/h4,6-7,10,17-18,20-21H,5,8-9,11-15H2,1-3H3/t17-,18+,20+,21+/m1/s1. The van der Waals surface area contributed by atoms with Crippen LogP contribution in [0.5, 0.6) is 5.75 Å². The average molecular weight is 400 g/mol. The van der Waals surface area contributed by atoms with Crippen molar-refractivity contribution in [3.8, 4) is 5.75 Å². The van der Waals surface area contributed by atoms with Crippen LogP contribution in [-0.4, -0.2) is 79.4 Å². The van der Waals surface area contributed by atoms with Gasteiger partial charge in [-0.2, -0.15) is 0 Å². The quantitative estimate of drug-likeness (QED) is 0.760. The molecule has 29 heavy (non-hydrogen) atoms. The highest BCUT2D eigenvalue weighted by atomic mass is 16.5. The van der Waals surface area contributed by atoms with E-state index in [1.165, 1.54) is 5.56 Å². The lowest BCUT2D eigenvalue weighted by molar-refractivity contribution is -0.156. The first-order chi connectivity index (χ1) is 14.0. The number of carbonyl (C=O) groups excluding carboxylic acids is 2. The maximum Gasteiger partial charge on any atom is 0.236 e. The van der Waals surface area contributed by atoms with Crippen LogP contribution in [0.4, 0.5) is 0 Å². The summed E-state index contributed by atoms with van der Waals surface area (Å²) < 4.78 is 5.40. The monoisotopic (exact) mass is 399 g/mol. The minimum Gasteiger partial charge on any atom is -0.497 e. The Bertz CT molecular complexity index is 765. The van der Waals surface area contributed by atoms with E-state index in [4.69, 9.17) is 4.74 Å². The zero-order valence-corrected chi connectivity index (χ0v) is 17.8. The summed E-state index contributed by atoms with van der Waals surface area (Å²) in [6.07, 6.45) is 4.64. The van der Waals surface area contributed by atoms with Crippen molar-refractivity contribution in [2.75, 3.05) is 40.8 Å². The third-order valence-electron chi connectivity index (χ3n) is 6.88. The van der Waals surface area contributed by atoms with Gasteiger partial charge in [0.15, 0.2) is 0 Å². The van der Waals surface area contributed by atoms with Crippen LogP contribution < -0.4 is 4.74 Å². The lowest BCUT2D eigenvalue weighted by Crippen LogP contribution is -2.66. The van der Waals surface area contributed by atoms with E-state index in [0.717, 1.165) is 44.5 Å². The number of likely N-dealkylation sites (tertiary alicyclic amines) is 1. The van der Waals surface area contributed by atoms with Crippen LogP contribution in [0.2, 0.25) is 0 Å². The second kappa shape index (κ2) is 8.34. The smallest absolute Gasteiger partial charge is 0.236 e. The van der Waals surface area contributed by atoms with Gasteiger partial charge in [-0.1, -0.05) is 12.1 Å². The van der Waals surface area contributed by atoms with Gasteiger partial charge < -0.3 is 19.4 Å². The van der Waals surface area contributed by atoms with E-state index in [1.54, 1.807) is 7.11 Å². The van der Waals surface area contributed by atoms with Crippen LogP contribution in [0, 0.1) is 11.8 Å². The summed E-state index contributed by atoms with van der Waals surface area (Å²) in [4.78, 5) is 32.0. The number of fused-ring (bicyclic) bond motifs is 4. The fraction of sp³-hybridized carbons (Fsp3) is 0.652. The zero-order valence-electron chi connectivity index (χ0n) is 17.8. The minimum atomic E-state index is 0.158. The molecule has 3 saturated heterocycles. The molecule has 2 amide bonds. The Morgan fingerprint density at radius 2 is 2.03 bits per heavy atom. The van der Waals surface area contributed by atoms with Crippen LogP contribution >= 0.6 is 0 Å². The molecule has 0 spiro atoms. The molecule has 6 heteroatoms. The molecule has 4 atom stereocenters. The van der Waals surface area contributed by atoms with Gasteiger partial charge in [-0.15, -0.1) is 0 Å². The fourth-order valence-electron chi connectivity index (χ4n) is 5.65. The summed E-state index contributed by atoms with van der Waals surface area (Å²) in [5.74, 6) is 2.11. The Labute approximate surface area is 173 Å². The molecule has 0 aliphatic carbocycles. The maximum absolute atomic E-state index is 13.0. The molecule has 6 nitrogen and oxygen atoms in total. The van der Waals surface area contributed by atoms with Gasteiger partial charge in [0, 0.05) is 31.6 Å². The highest BCUT2D eigenvalue weighted by Crippen LogP contribution is 2.42. The molecule has 158 valence electrons. The third kappa shape index (κ3) is 4.13. The van der Waals surface area contributed by atoms with Crippen molar-refractivity contribution in [3.63, 3.8) is 0 Å². The highest BCUT2D eigenvalue weighted by molar-refractivity contribution is 5.79. The number of benzene rings is 1. The van der Waals surface area contributed by atoms with Crippen molar-refractivity contribution in [1.82, 2.24) is 14.7 Å². The molecule has 4 rings (SSSR count). The molecule has 2 bridgehead atoms. The minimum absolute atomic E-state index is 0.158. The molecular weight excluding hydrogens is 366 g/mol. The number of amides is 2. The van der Waals surface area contributed by atoms with Crippen LogP contribution in [0.1, 0.15) is 31.2 Å². The Kier molecular flexibility index (Phi) is 5.81. The van der Waals surface area contributed by atoms with Gasteiger partial charge in [0.2, 0.25) is 11.8 Å². The predicted molar refractivity (Wildman–Crippen MR) is 112 cm³/mol. The lowest BCUT2D eigenvalue weighted by atomic mass is 9.70. The first-order valence-corrected chi connectivity index (χ1v) is 10.8. The Balaban J connectivity index is 1.60. The number of likely N-dealkylation sites (N-methyl/N-ethyl adjacent to an activating group) is 1. The average Bonchev–Trinajstić information content (AvgIpc) is 2.71. The van der Waals surface area contributed by atoms with Crippen molar-refractivity contribution in [2.24, 2.45) is 11.8 Å². The van der Waals surface area contributed by atoms with E-state index in [2.05, 4.69) is 21.9 Å². The van der Waals surface area contributed by atoms with E-state index in [0.29, 0.717) is 30.7 Å². The van der Waals surface area contributed by atoms with E-state index in [1.807, 2.05) is 31.1 Å². The van der Waals surface area contributed by atoms with Crippen LogP contribution in [0.25, 0.3) is 0 Å². The van der Waals surface area contributed by atoms with Gasteiger partial charge in [-0.05, 0) is 69.3 Å². The molecule has 3 aliphatic rings.